The topological polar surface area (TPSA) is 58.6 Å². The molecule has 0 aliphatic carbocycles. The lowest BCUT2D eigenvalue weighted by molar-refractivity contribution is 0.0955. The summed E-state index contributed by atoms with van der Waals surface area (Å²) in [5.74, 6) is 0.209. The Morgan fingerprint density at radius 2 is 2.31 bits per heavy atom. The van der Waals surface area contributed by atoms with Crippen LogP contribution in [0, 0.1) is 5.41 Å². The molecule has 0 fully saturated rings. The molecule has 0 aromatic rings. The highest BCUT2D eigenvalue weighted by Crippen LogP contribution is 2.29. The van der Waals surface area contributed by atoms with Crippen molar-refractivity contribution in [2.45, 2.75) is 20.3 Å². The number of carbonyl (C=O) groups is 1. The number of nitrogens with one attached hydrogen (secondary N) is 1. The van der Waals surface area contributed by atoms with Gasteiger partial charge in [0.2, 0.25) is 0 Å². The summed E-state index contributed by atoms with van der Waals surface area (Å²) < 4.78 is 4.49. The quantitative estimate of drug-likeness (QED) is 0.383. The third-order valence-corrected chi connectivity index (χ3v) is 2.16. The van der Waals surface area contributed by atoms with Crippen LogP contribution in [0.15, 0.2) is 12.3 Å². The highest BCUT2D eigenvalue weighted by Gasteiger charge is 2.27. The van der Waals surface area contributed by atoms with Crippen LogP contribution in [0.2, 0.25) is 0 Å². The minimum absolute atomic E-state index is 0.209. The van der Waals surface area contributed by atoms with Crippen molar-refractivity contribution in [1.29, 1.82) is 0 Å². The molecule has 72 valence electrons. The van der Waals surface area contributed by atoms with Crippen molar-refractivity contribution in [2.24, 2.45) is 5.41 Å². The fraction of sp³-hybridized carbons (Fsp3) is 0.625. The predicted molar refractivity (Wildman–Crippen MR) is 50.4 cm³/mol. The third-order valence-electron chi connectivity index (χ3n) is 2.16. The van der Waals surface area contributed by atoms with E-state index in [0.717, 1.165) is 0 Å². The Morgan fingerprint density at radius 1 is 1.77 bits per heavy atom. The molecule has 5 heteroatoms. The Balaban J connectivity index is 4.37. The smallest absolute Gasteiger partial charge is 0.449 e. The number of carboxylic acid groups (broad SMARTS) is 1. The molecule has 0 heterocycles. The van der Waals surface area contributed by atoms with E-state index in [1.807, 2.05) is 13.8 Å². The van der Waals surface area contributed by atoms with Gasteiger partial charge in [-0.05, 0) is 13.0 Å². The van der Waals surface area contributed by atoms with Crippen molar-refractivity contribution in [2.75, 3.05) is 6.54 Å². The minimum Gasteiger partial charge on any atom is -0.449 e. The predicted octanol–water partition coefficient (Wildman–Crippen LogP) is 1.28. The van der Waals surface area contributed by atoms with E-state index < -0.39 is 11.6 Å². The normalized spacial score (nSPS) is 14.6. The molecule has 0 saturated heterocycles. The molecule has 0 amide bonds. The van der Waals surface area contributed by atoms with Gasteiger partial charge in [-0.15, -0.1) is 0 Å². The van der Waals surface area contributed by atoms with Crippen molar-refractivity contribution >= 4 is 14.1 Å². The monoisotopic (exact) mass is 183 g/mol. The van der Waals surface area contributed by atoms with Gasteiger partial charge in [0.05, 0.1) is 0 Å². The van der Waals surface area contributed by atoms with Gasteiger partial charge in [0.25, 0.3) is 0 Å². The maximum Gasteiger partial charge on any atom is 0.511 e. The fourth-order valence-corrected chi connectivity index (χ4v) is 0.875. The third kappa shape index (κ3) is 3.50. The molecule has 0 aromatic heterocycles. The van der Waals surface area contributed by atoms with Gasteiger partial charge >= 0.3 is 6.16 Å². The van der Waals surface area contributed by atoms with Gasteiger partial charge in [-0.2, -0.15) is 0 Å². The zero-order valence-electron chi connectivity index (χ0n) is 7.96. The number of rotatable bonds is 5. The lowest BCUT2D eigenvalue weighted by Gasteiger charge is -2.28. The second kappa shape index (κ2) is 4.92. The first-order valence-corrected chi connectivity index (χ1v) is 4.00. The van der Waals surface area contributed by atoms with Crippen LogP contribution in [0.4, 0.5) is 4.79 Å². The second-order valence-corrected chi connectivity index (χ2v) is 3.09. The maximum atomic E-state index is 10.2. The van der Waals surface area contributed by atoms with Crippen molar-refractivity contribution in [3.8, 4) is 0 Å². The Morgan fingerprint density at radius 3 is 2.62 bits per heavy atom. The van der Waals surface area contributed by atoms with Gasteiger partial charge in [0, 0.05) is 5.41 Å². The molecule has 0 aliphatic rings. The van der Waals surface area contributed by atoms with Crippen LogP contribution in [0.25, 0.3) is 0 Å². The van der Waals surface area contributed by atoms with Gasteiger partial charge in [-0.3, -0.25) is 0 Å². The Kier molecular flexibility index (Phi) is 4.55. The van der Waals surface area contributed by atoms with Crippen molar-refractivity contribution in [3.63, 3.8) is 0 Å². The van der Waals surface area contributed by atoms with E-state index in [2.05, 4.69) is 16.5 Å². The van der Waals surface area contributed by atoms with Crippen molar-refractivity contribution in [3.05, 3.63) is 12.3 Å². The van der Waals surface area contributed by atoms with E-state index in [4.69, 9.17) is 13.1 Å². The SMILES string of the molecule is [B]NCC(C)(CC)C(=C)OC(=O)O. The molecule has 2 radical (unpaired) electrons. The highest BCUT2D eigenvalue weighted by atomic mass is 16.7. The zero-order chi connectivity index (χ0) is 10.5. The molecule has 0 saturated carbocycles. The summed E-state index contributed by atoms with van der Waals surface area (Å²) in [5, 5.41) is 10.9. The van der Waals surface area contributed by atoms with Crippen LogP contribution >= 0.6 is 0 Å². The summed E-state index contributed by atoms with van der Waals surface area (Å²) in [5.41, 5.74) is -0.451. The van der Waals surface area contributed by atoms with Gasteiger partial charge in [-0.25, -0.2) is 4.79 Å². The number of hydrogen-bond donors (Lipinski definition) is 2. The average Bonchev–Trinajstić information content (AvgIpc) is 2.03. The average molecular weight is 183 g/mol. The fourth-order valence-electron chi connectivity index (χ4n) is 0.875. The lowest BCUT2D eigenvalue weighted by atomic mass is 9.85. The Hall–Kier alpha value is -0.965. The molecule has 0 rings (SSSR count). The molecular weight excluding hydrogens is 169 g/mol. The van der Waals surface area contributed by atoms with E-state index >= 15 is 0 Å². The summed E-state index contributed by atoms with van der Waals surface area (Å²) >= 11 is 0. The molecule has 0 spiro atoms. The summed E-state index contributed by atoms with van der Waals surface area (Å²) in [7, 11) is 5.16. The van der Waals surface area contributed by atoms with Gasteiger partial charge in [-0.1, -0.05) is 20.4 Å². The number of hydrogen-bond acceptors (Lipinski definition) is 3. The summed E-state index contributed by atoms with van der Waals surface area (Å²) in [6.07, 6.45) is -0.648. The first-order chi connectivity index (χ1) is 5.96. The standard InChI is InChI=1S/C8H14BNO3/c1-4-8(3,5-10-9)6(2)13-7(11)12/h10H,2,4-5H2,1,3H3,(H,11,12). The second-order valence-electron chi connectivity index (χ2n) is 3.09. The lowest BCUT2D eigenvalue weighted by Crippen LogP contribution is -2.32. The van der Waals surface area contributed by atoms with E-state index in [1.54, 1.807) is 0 Å². The van der Waals surface area contributed by atoms with Crippen molar-refractivity contribution < 1.29 is 14.6 Å². The van der Waals surface area contributed by atoms with E-state index in [1.165, 1.54) is 0 Å². The van der Waals surface area contributed by atoms with Crippen LogP contribution in [-0.2, 0) is 4.74 Å². The van der Waals surface area contributed by atoms with E-state index in [0.29, 0.717) is 13.0 Å². The van der Waals surface area contributed by atoms with Crippen LogP contribution in [0.3, 0.4) is 0 Å². The van der Waals surface area contributed by atoms with Crippen LogP contribution in [-0.4, -0.2) is 25.8 Å². The molecular formula is C8H14BNO3. The summed E-state index contributed by atoms with van der Waals surface area (Å²) in [6.45, 7) is 7.73. The Labute approximate surface area is 79.4 Å². The zero-order valence-corrected chi connectivity index (χ0v) is 7.96. The molecule has 0 aromatic carbocycles. The first kappa shape index (κ1) is 12.0. The minimum atomic E-state index is -1.35. The van der Waals surface area contributed by atoms with Gasteiger partial charge in [0.15, 0.2) is 7.98 Å². The molecule has 1 atom stereocenters. The summed E-state index contributed by atoms with van der Waals surface area (Å²) in [4.78, 5) is 10.2. The largest absolute Gasteiger partial charge is 0.511 e. The van der Waals surface area contributed by atoms with Crippen LogP contribution in [0.1, 0.15) is 20.3 Å². The molecule has 0 aliphatic heterocycles. The summed E-state index contributed by atoms with van der Waals surface area (Å²) in [6, 6.07) is 0. The molecule has 2 N–H and O–H groups in total. The van der Waals surface area contributed by atoms with Crippen LogP contribution < -0.4 is 5.23 Å². The Bertz CT molecular complexity index is 208. The molecule has 13 heavy (non-hydrogen) atoms. The van der Waals surface area contributed by atoms with Crippen molar-refractivity contribution in [1.82, 2.24) is 5.23 Å². The van der Waals surface area contributed by atoms with E-state index in [9.17, 15) is 4.79 Å². The first-order valence-electron chi connectivity index (χ1n) is 4.00. The molecule has 0 bridgehead atoms. The molecule has 4 nitrogen and oxygen atoms in total. The van der Waals surface area contributed by atoms with E-state index in [-0.39, 0.29) is 5.76 Å². The van der Waals surface area contributed by atoms with Crippen LogP contribution in [0.5, 0.6) is 0 Å². The van der Waals surface area contributed by atoms with Gasteiger partial charge in [0.1, 0.15) is 5.76 Å². The number of ether oxygens (including phenoxy) is 1. The molecule has 1 unspecified atom stereocenters. The van der Waals surface area contributed by atoms with Gasteiger partial charge < -0.3 is 15.1 Å². The maximum absolute atomic E-state index is 10.2. The highest BCUT2D eigenvalue weighted by molar-refractivity contribution is 6.04.